The molecule has 1 N–H and O–H groups in total. The second-order valence-electron chi connectivity index (χ2n) is 10.1. The summed E-state index contributed by atoms with van der Waals surface area (Å²) in [5, 5.41) is 12.0. The van der Waals surface area contributed by atoms with E-state index in [1.807, 2.05) is 12.1 Å². The van der Waals surface area contributed by atoms with Crippen LogP contribution >= 0.6 is 12.4 Å². The molecule has 3 aromatic rings. The molecule has 1 aliphatic heterocycles. The highest BCUT2D eigenvalue weighted by Crippen LogP contribution is 2.42. The first kappa shape index (κ1) is 32.3. The van der Waals surface area contributed by atoms with E-state index in [1.165, 1.54) is 24.3 Å². The van der Waals surface area contributed by atoms with Gasteiger partial charge in [0.1, 0.15) is 17.2 Å². The van der Waals surface area contributed by atoms with E-state index >= 15 is 0 Å². The van der Waals surface area contributed by atoms with E-state index in [0.717, 1.165) is 44.5 Å². The summed E-state index contributed by atoms with van der Waals surface area (Å²) < 4.78 is 43.7. The molecular weight excluding hydrogens is 552 g/mol. The minimum Gasteiger partial charge on any atom is -0.493 e. The van der Waals surface area contributed by atoms with Crippen molar-refractivity contribution in [1.29, 1.82) is 0 Å². The quantitative estimate of drug-likeness (QED) is 0.209. The van der Waals surface area contributed by atoms with Gasteiger partial charge in [0.2, 0.25) is 0 Å². The number of carbonyl (C=O) groups excluding carboxylic acids is 1. The summed E-state index contributed by atoms with van der Waals surface area (Å²) >= 11 is 0. The zero-order chi connectivity index (χ0) is 28.5. The van der Waals surface area contributed by atoms with Crippen molar-refractivity contribution >= 4 is 18.4 Å². The van der Waals surface area contributed by atoms with Gasteiger partial charge in [-0.1, -0.05) is 30.3 Å². The third kappa shape index (κ3) is 8.18. The molecule has 0 aromatic heterocycles. The molecule has 0 atom stereocenters. The van der Waals surface area contributed by atoms with Crippen molar-refractivity contribution in [2.24, 2.45) is 5.92 Å². The number of nitrogens with zero attached hydrogens (tertiary/aromatic N) is 1. The fraction of sp³-hybridized carbons (Fsp3) is 0.406. The number of hydrogen-bond acceptors (Lipinski definition) is 6. The second-order valence-corrected chi connectivity index (χ2v) is 10.1. The van der Waals surface area contributed by atoms with Crippen LogP contribution < -0.4 is 9.47 Å². The Labute approximate surface area is 246 Å². The van der Waals surface area contributed by atoms with Crippen LogP contribution in [0.2, 0.25) is 0 Å². The monoisotopic (exact) mass is 589 g/mol. The lowest BCUT2D eigenvalue weighted by atomic mass is 9.72. The lowest BCUT2D eigenvalue weighted by molar-refractivity contribution is -0.142. The van der Waals surface area contributed by atoms with Crippen molar-refractivity contribution in [2.75, 3.05) is 40.0 Å². The van der Waals surface area contributed by atoms with Gasteiger partial charge in [0.05, 0.1) is 26.7 Å². The third-order valence-corrected chi connectivity index (χ3v) is 7.51. The summed E-state index contributed by atoms with van der Waals surface area (Å²) in [6.45, 7) is 5.05. The molecule has 3 aromatic carbocycles. The third-order valence-electron chi connectivity index (χ3n) is 7.51. The average molecular weight is 590 g/mol. The molecule has 4 rings (SSSR count). The number of methoxy groups -OCH3 is 1. The molecule has 0 spiro atoms. The zero-order valence-corrected chi connectivity index (χ0v) is 24.3. The van der Waals surface area contributed by atoms with Gasteiger partial charge in [-0.25, -0.2) is 8.78 Å². The number of piperidine rings is 1. The Hall–Kier alpha value is -3.20. The van der Waals surface area contributed by atoms with Crippen LogP contribution in [0.25, 0.3) is 0 Å². The van der Waals surface area contributed by atoms with E-state index in [9.17, 15) is 18.7 Å². The second kappa shape index (κ2) is 15.1. The maximum absolute atomic E-state index is 13.6. The van der Waals surface area contributed by atoms with Gasteiger partial charge in [-0.05, 0) is 98.3 Å². The maximum Gasteiger partial charge on any atom is 0.310 e. The smallest absolute Gasteiger partial charge is 0.310 e. The predicted molar refractivity (Wildman–Crippen MR) is 156 cm³/mol. The van der Waals surface area contributed by atoms with Crippen LogP contribution in [-0.2, 0) is 21.6 Å². The minimum absolute atomic E-state index is 0. The van der Waals surface area contributed by atoms with Gasteiger partial charge in [0, 0.05) is 6.54 Å². The number of esters is 1. The van der Waals surface area contributed by atoms with Gasteiger partial charge in [0.25, 0.3) is 0 Å². The number of carbonyl (C=O) groups is 1. The summed E-state index contributed by atoms with van der Waals surface area (Å²) in [6.07, 6.45) is 2.46. The van der Waals surface area contributed by atoms with Crippen LogP contribution in [0, 0.1) is 17.6 Å². The van der Waals surface area contributed by atoms with Crippen LogP contribution in [0.3, 0.4) is 0 Å². The average Bonchev–Trinajstić information content (AvgIpc) is 2.96. The van der Waals surface area contributed by atoms with Crippen molar-refractivity contribution in [3.05, 3.63) is 95.1 Å². The molecule has 0 saturated carbocycles. The molecule has 0 bridgehead atoms. The van der Waals surface area contributed by atoms with E-state index < -0.39 is 5.60 Å². The lowest BCUT2D eigenvalue weighted by Gasteiger charge is -2.42. The number of ether oxygens (including phenoxy) is 3. The van der Waals surface area contributed by atoms with Gasteiger partial charge < -0.3 is 24.2 Å². The Morgan fingerprint density at radius 3 is 2.07 bits per heavy atom. The van der Waals surface area contributed by atoms with Crippen LogP contribution in [0.5, 0.6) is 11.5 Å². The molecule has 9 heteroatoms. The van der Waals surface area contributed by atoms with Gasteiger partial charge >= 0.3 is 5.97 Å². The molecule has 1 heterocycles. The molecule has 0 amide bonds. The molecule has 1 fully saturated rings. The van der Waals surface area contributed by atoms with Crippen LogP contribution in [-0.4, -0.2) is 55.9 Å². The summed E-state index contributed by atoms with van der Waals surface area (Å²) in [5.41, 5.74) is 0.669. The Balaban J connectivity index is 0.00000462. The Morgan fingerprint density at radius 2 is 1.54 bits per heavy atom. The van der Waals surface area contributed by atoms with Gasteiger partial charge in [0.15, 0.2) is 11.5 Å². The number of aliphatic hydroxyl groups is 1. The highest BCUT2D eigenvalue weighted by atomic mass is 35.5. The topological polar surface area (TPSA) is 68.2 Å². The Bertz CT molecular complexity index is 1200. The SMILES string of the molecule is CCOC(=O)Cc1ccc(OCCCN2CCC(C(O)(c3ccc(F)cc3)c3ccc(F)cc3)CC2)c(OC)c1.Cl. The van der Waals surface area contributed by atoms with Crippen LogP contribution in [0.15, 0.2) is 66.7 Å². The Kier molecular flexibility index (Phi) is 11.9. The first-order valence-corrected chi connectivity index (χ1v) is 13.8. The standard InChI is InChI=1S/C32H37F2NO5.ClH/c1-3-39-31(36)22-23-5-14-29(30(21-23)38-2)40-20-4-17-35-18-15-26(16-19-35)32(37,24-6-10-27(33)11-7-24)25-8-12-28(34)13-9-25;/h5-14,21,26,37H,3-4,15-20,22H2,1-2H3;1H. The van der Waals surface area contributed by atoms with Crippen molar-refractivity contribution in [3.63, 3.8) is 0 Å². The van der Waals surface area contributed by atoms with Crippen LogP contribution in [0.4, 0.5) is 8.78 Å². The first-order chi connectivity index (χ1) is 19.3. The molecule has 1 aliphatic rings. The number of halogens is 3. The number of rotatable bonds is 12. The van der Waals surface area contributed by atoms with Crippen molar-refractivity contribution in [1.82, 2.24) is 4.90 Å². The number of likely N-dealkylation sites (tertiary alicyclic amines) is 1. The molecule has 0 unspecified atom stereocenters. The fourth-order valence-corrected chi connectivity index (χ4v) is 5.41. The van der Waals surface area contributed by atoms with Crippen LogP contribution in [0.1, 0.15) is 42.9 Å². The predicted octanol–water partition coefficient (Wildman–Crippen LogP) is 5.92. The molecule has 41 heavy (non-hydrogen) atoms. The number of hydrogen-bond donors (Lipinski definition) is 1. The molecule has 6 nitrogen and oxygen atoms in total. The summed E-state index contributed by atoms with van der Waals surface area (Å²) in [5.74, 6) is 0.0741. The van der Waals surface area contributed by atoms with Gasteiger partial charge in [-0.3, -0.25) is 4.79 Å². The van der Waals surface area contributed by atoms with E-state index in [2.05, 4.69) is 4.90 Å². The fourth-order valence-electron chi connectivity index (χ4n) is 5.41. The van der Waals surface area contributed by atoms with Crippen molar-refractivity contribution in [3.8, 4) is 11.5 Å². The molecule has 0 radical (unpaired) electrons. The summed E-state index contributed by atoms with van der Waals surface area (Å²) in [6, 6.07) is 17.3. The Morgan fingerprint density at radius 1 is 0.951 bits per heavy atom. The summed E-state index contributed by atoms with van der Waals surface area (Å²) in [7, 11) is 1.57. The van der Waals surface area contributed by atoms with E-state index in [0.29, 0.717) is 35.8 Å². The van der Waals surface area contributed by atoms with E-state index in [4.69, 9.17) is 14.2 Å². The molecule has 1 saturated heterocycles. The normalized spacial score (nSPS) is 14.3. The number of benzene rings is 3. The molecular formula is C32H38ClF2NO5. The highest BCUT2D eigenvalue weighted by molar-refractivity contribution is 5.85. The minimum atomic E-state index is -1.34. The first-order valence-electron chi connectivity index (χ1n) is 13.8. The molecule has 0 aliphatic carbocycles. The highest BCUT2D eigenvalue weighted by Gasteiger charge is 2.41. The lowest BCUT2D eigenvalue weighted by Crippen LogP contribution is -2.44. The van der Waals surface area contributed by atoms with E-state index in [-0.39, 0.29) is 42.3 Å². The van der Waals surface area contributed by atoms with Crippen molar-refractivity contribution in [2.45, 2.75) is 38.2 Å². The van der Waals surface area contributed by atoms with Gasteiger partial charge in [-0.15, -0.1) is 12.4 Å². The largest absolute Gasteiger partial charge is 0.493 e. The van der Waals surface area contributed by atoms with E-state index in [1.54, 1.807) is 44.4 Å². The molecule has 222 valence electrons. The van der Waals surface area contributed by atoms with Gasteiger partial charge in [-0.2, -0.15) is 0 Å². The zero-order valence-electron chi connectivity index (χ0n) is 23.5. The maximum atomic E-state index is 13.6. The summed E-state index contributed by atoms with van der Waals surface area (Å²) in [4.78, 5) is 14.1. The van der Waals surface area contributed by atoms with Crippen molar-refractivity contribution < 1.29 is 32.9 Å².